The van der Waals surface area contributed by atoms with Crippen molar-refractivity contribution in [2.45, 2.75) is 33.2 Å². The Morgan fingerprint density at radius 3 is 2.61 bits per heavy atom. The Morgan fingerprint density at radius 2 is 2.17 bits per heavy atom. The first-order valence-electron chi connectivity index (χ1n) is 6.36. The Hall–Kier alpha value is -1.36. The number of carbonyl (C=O) groups is 1. The first-order valence-corrected chi connectivity index (χ1v) is 6.36. The number of H-pyrrole nitrogens is 1. The number of rotatable bonds is 6. The fourth-order valence-electron chi connectivity index (χ4n) is 1.91. The maximum Gasteiger partial charge on any atom is 0.254 e. The standard InChI is InChI=1S/C13H24N4O/c1-9(2)6-11(17(4)5)7-14-13(18)12-8-15-16-10(12)3/h8-9,11H,6-7H2,1-5H3,(H,14,18)(H,15,16). The van der Waals surface area contributed by atoms with Crippen molar-refractivity contribution in [3.63, 3.8) is 0 Å². The molecule has 0 aliphatic carbocycles. The molecule has 0 aromatic carbocycles. The molecule has 1 heterocycles. The lowest BCUT2D eigenvalue weighted by atomic mass is 10.0. The Bertz CT molecular complexity index is 384. The van der Waals surface area contributed by atoms with Crippen molar-refractivity contribution in [1.82, 2.24) is 20.4 Å². The first-order chi connectivity index (χ1) is 8.41. The van der Waals surface area contributed by atoms with Crippen LogP contribution in [0.2, 0.25) is 0 Å². The van der Waals surface area contributed by atoms with Gasteiger partial charge >= 0.3 is 0 Å². The summed E-state index contributed by atoms with van der Waals surface area (Å²) in [4.78, 5) is 14.1. The van der Waals surface area contributed by atoms with Crippen molar-refractivity contribution < 1.29 is 4.79 Å². The van der Waals surface area contributed by atoms with Gasteiger partial charge in [0.05, 0.1) is 11.8 Å². The molecule has 5 nitrogen and oxygen atoms in total. The number of hydrogen-bond donors (Lipinski definition) is 2. The van der Waals surface area contributed by atoms with Gasteiger partial charge in [-0.25, -0.2) is 0 Å². The van der Waals surface area contributed by atoms with Crippen LogP contribution < -0.4 is 5.32 Å². The van der Waals surface area contributed by atoms with Crippen LogP contribution in [0.3, 0.4) is 0 Å². The van der Waals surface area contributed by atoms with E-state index in [2.05, 4.69) is 34.3 Å². The highest BCUT2D eigenvalue weighted by atomic mass is 16.1. The van der Waals surface area contributed by atoms with Gasteiger partial charge in [-0.2, -0.15) is 5.10 Å². The lowest BCUT2D eigenvalue weighted by Gasteiger charge is -2.26. The largest absolute Gasteiger partial charge is 0.350 e. The lowest BCUT2D eigenvalue weighted by Crippen LogP contribution is -2.41. The molecule has 0 saturated carbocycles. The molecule has 0 radical (unpaired) electrons. The Labute approximate surface area is 109 Å². The molecule has 1 aromatic rings. The van der Waals surface area contributed by atoms with Crippen LogP contribution >= 0.6 is 0 Å². The third kappa shape index (κ3) is 4.14. The van der Waals surface area contributed by atoms with Gasteiger partial charge < -0.3 is 10.2 Å². The molecular weight excluding hydrogens is 228 g/mol. The maximum atomic E-state index is 11.9. The summed E-state index contributed by atoms with van der Waals surface area (Å²) >= 11 is 0. The van der Waals surface area contributed by atoms with Crippen molar-refractivity contribution in [2.24, 2.45) is 5.92 Å². The predicted octanol–water partition coefficient (Wildman–Crippen LogP) is 1.42. The van der Waals surface area contributed by atoms with E-state index in [4.69, 9.17) is 0 Å². The highest BCUT2D eigenvalue weighted by Crippen LogP contribution is 2.09. The molecule has 5 heteroatoms. The van der Waals surface area contributed by atoms with E-state index in [1.807, 2.05) is 21.0 Å². The quantitative estimate of drug-likeness (QED) is 0.805. The van der Waals surface area contributed by atoms with Crippen LogP contribution in [0.4, 0.5) is 0 Å². The molecule has 0 aliphatic rings. The predicted molar refractivity (Wildman–Crippen MR) is 72.6 cm³/mol. The lowest BCUT2D eigenvalue weighted by molar-refractivity contribution is 0.0938. The van der Waals surface area contributed by atoms with E-state index < -0.39 is 0 Å². The third-order valence-corrected chi connectivity index (χ3v) is 3.05. The minimum absolute atomic E-state index is 0.0585. The second-order valence-corrected chi connectivity index (χ2v) is 5.37. The molecule has 0 bridgehead atoms. The summed E-state index contributed by atoms with van der Waals surface area (Å²) in [6.45, 7) is 6.89. The number of aromatic amines is 1. The van der Waals surface area contributed by atoms with Crippen molar-refractivity contribution in [3.8, 4) is 0 Å². The topological polar surface area (TPSA) is 61.0 Å². The molecule has 102 valence electrons. The van der Waals surface area contributed by atoms with Gasteiger partial charge in [0.1, 0.15) is 0 Å². The van der Waals surface area contributed by atoms with Gasteiger partial charge in [0.2, 0.25) is 0 Å². The van der Waals surface area contributed by atoms with Crippen molar-refractivity contribution in [3.05, 3.63) is 17.5 Å². The van der Waals surface area contributed by atoms with E-state index in [1.54, 1.807) is 6.20 Å². The van der Waals surface area contributed by atoms with Crippen LogP contribution in [0.15, 0.2) is 6.20 Å². The van der Waals surface area contributed by atoms with Crippen LogP contribution in [-0.4, -0.2) is 47.7 Å². The van der Waals surface area contributed by atoms with Crippen molar-refractivity contribution in [2.75, 3.05) is 20.6 Å². The zero-order chi connectivity index (χ0) is 13.7. The van der Waals surface area contributed by atoms with E-state index in [0.29, 0.717) is 24.1 Å². The molecule has 0 saturated heterocycles. The SMILES string of the molecule is Cc1[nH]ncc1C(=O)NCC(CC(C)C)N(C)C. The summed E-state index contributed by atoms with van der Waals surface area (Å²) in [5.74, 6) is 0.557. The Morgan fingerprint density at radius 1 is 1.50 bits per heavy atom. The van der Waals surface area contributed by atoms with Crippen molar-refractivity contribution >= 4 is 5.91 Å². The normalized spacial score (nSPS) is 13.1. The minimum atomic E-state index is -0.0585. The smallest absolute Gasteiger partial charge is 0.254 e. The van der Waals surface area contributed by atoms with E-state index in [9.17, 15) is 4.79 Å². The maximum absolute atomic E-state index is 11.9. The number of aryl methyl sites for hydroxylation is 1. The second kappa shape index (κ2) is 6.54. The summed E-state index contributed by atoms with van der Waals surface area (Å²) in [5.41, 5.74) is 1.43. The van der Waals surface area contributed by atoms with Gasteiger partial charge in [-0.15, -0.1) is 0 Å². The molecule has 1 unspecified atom stereocenters. The number of carbonyl (C=O) groups excluding carboxylic acids is 1. The molecule has 0 fully saturated rings. The zero-order valence-electron chi connectivity index (χ0n) is 11.9. The van der Waals surface area contributed by atoms with Crippen LogP contribution in [0, 0.1) is 12.8 Å². The van der Waals surface area contributed by atoms with Crippen LogP contribution in [0.5, 0.6) is 0 Å². The zero-order valence-corrected chi connectivity index (χ0v) is 11.9. The van der Waals surface area contributed by atoms with Gasteiger partial charge in [0, 0.05) is 18.3 Å². The fourth-order valence-corrected chi connectivity index (χ4v) is 1.91. The van der Waals surface area contributed by atoms with Gasteiger partial charge in [-0.1, -0.05) is 13.8 Å². The number of amides is 1. The molecule has 0 aliphatic heterocycles. The van der Waals surface area contributed by atoms with Crippen LogP contribution in [0.25, 0.3) is 0 Å². The summed E-state index contributed by atoms with van der Waals surface area (Å²) in [5, 5.41) is 9.60. The van der Waals surface area contributed by atoms with Gasteiger partial charge in [0.25, 0.3) is 5.91 Å². The third-order valence-electron chi connectivity index (χ3n) is 3.05. The molecule has 2 N–H and O–H groups in total. The summed E-state index contributed by atoms with van der Waals surface area (Å²) < 4.78 is 0. The Kier molecular flexibility index (Phi) is 5.34. The monoisotopic (exact) mass is 252 g/mol. The van der Waals surface area contributed by atoms with Crippen molar-refractivity contribution in [1.29, 1.82) is 0 Å². The summed E-state index contributed by atoms with van der Waals surface area (Å²) in [7, 11) is 4.09. The fraction of sp³-hybridized carbons (Fsp3) is 0.692. The highest BCUT2D eigenvalue weighted by Gasteiger charge is 2.16. The molecular formula is C13H24N4O. The molecule has 1 aromatic heterocycles. The van der Waals surface area contributed by atoms with Gasteiger partial charge in [-0.05, 0) is 33.4 Å². The number of aromatic nitrogens is 2. The number of nitrogens with one attached hydrogen (secondary N) is 2. The number of nitrogens with zero attached hydrogens (tertiary/aromatic N) is 2. The van der Waals surface area contributed by atoms with Crippen LogP contribution in [-0.2, 0) is 0 Å². The first kappa shape index (κ1) is 14.7. The van der Waals surface area contributed by atoms with Gasteiger partial charge in [-0.3, -0.25) is 9.89 Å². The number of hydrogen-bond acceptors (Lipinski definition) is 3. The summed E-state index contributed by atoms with van der Waals surface area (Å²) in [6.07, 6.45) is 2.63. The molecule has 1 amide bonds. The minimum Gasteiger partial charge on any atom is -0.350 e. The number of likely N-dealkylation sites (N-methyl/N-ethyl adjacent to an activating group) is 1. The average molecular weight is 252 g/mol. The molecule has 1 rings (SSSR count). The molecule has 18 heavy (non-hydrogen) atoms. The van der Waals surface area contributed by atoms with Crippen LogP contribution in [0.1, 0.15) is 36.3 Å². The van der Waals surface area contributed by atoms with E-state index >= 15 is 0 Å². The second-order valence-electron chi connectivity index (χ2n) is 5.37. The van der Waals surface area contributed by atoms with Gasteiger partial charge in [0.15, 0.2) is 0 Å². The Balaban J connectivity index is 2.52. The van der Waals surface area contributed by atoms with E-state index in [0.717, 1.165) is 12.1 Å². The highest BCUT2D eigenvalue weighted by molar-refractivity contribution is 5.94. The molecule has 1 atom stereocenters. The molecule has 0 spiro atoms. The summed E-state index contributed by atoms with van der Waals surface area (Å²) in [6, 6.07) is 0.362. The van der Waals surface area contributed by atoms with E-state index in [1.165, 1.54) is 0 Å². The average Bonchev–Trinajstić information content (AvgIpc) is 2.69. The van der Waals surface area contributed by atoms with E-state index in [-0.39, 0.29) is 5.91 Å².